The van der Waals surface area contributed by atoms with Crippen LogP contribution in [0.2, 0.25) is 0 Å². The number of hydrogen-bond acceptors (Lipinski definition) is 4. The number of ether oxygens (including phenoxy) is 1. The molecule has 1 N–H and O–H groups in total. The molecule has 0 radical (unpaired) electrons. The van der Waals surface area contributed by atoms with E-state index in [1.165, 1.54) is 6.92 Å². The molecule has 4 heteroatoms. The lowest BCUT2D eigenvalue weighted by molar-refractivity contribution is -0.153. The minimum absolute atomic E-state index is 0.273. The van der Waals surface area contributed by atoms with E-state index in [4.69, 9.17) is 5.41 Å². The Morgan fingerprint density at radius 2 is 1.78 bits per heavy atom. The molecule has 0 atom stereocenters. The molecule has 0 rings (SSSR count). The summed E-state index contributed by atoms with van der Waals surface area (Å²) in [5, 5.41) is 6.67. The molecule has 0 aliphatic rings. The molecule has 4 nitrogen and oxygen atoms in total. The van der Waals surface area contributed by atoms with E-state index in [2.05, 4.69) is 4.74 Å². The van der Waals surface area contributed by atoms with E-state index < -0.39 is 11.9 Å². The molecule has 0 saturated carbocycles. The van der Waals surface area contributed by atoms with Crippen LogP contribution in [-0.2, 0) is 14.3 Å². The van der Waals surface area contributed by atoms with Gasteiger partial charge in [0.25, 0.3) is 0 Å². The molecule has 0 aliphatic carbocycles. The summed E-state index contributed by atoms with van der Waals surface area (Å²) < 4.78 is 4.01. The Morgan fingerprint density at radius 1 is 1.33 bits per heavy atom. The summed E-state index contributed by atoms with van der Waals surface area (Å²) >= 11 is 0. The van der Waals surface area contributed by atoms with Gasteiger partial charge in [-0.25, -0.2) is 4.79 Å². The van der Waals surface area contributed by atoms with Gasteiger partial charge >= 0.3 is 11.9 Å². The van der Waals surface area contributed by atoms with Crippen LogP contribution in [0.1, 0.15) is 13.8 Å². The summed E-state index contributed by atoms with van der Waals surface area (Å²) in [5.41, 5.74) is -0.273. The van der Waals surface area contributed by atoms with Crippen LogP contribution in [0.4, 0.5) is 0 Å². The van der Waals surface area contributed by atoms with E-state index in [-0.39, 0.29) is 5.71 Å². The lowest BCUT2D eigenvalue weighted by atomic mass is 10.4. The normalized spacial score (nSPS) is 8.22. The predicted octanol–water partition coefficient (Wildman–Crippen LogP) is 0.116. The first-order valence-electron chi connectivity index (χ1n) is 2.32. The van der Waals surface area contributed by atoms with Gasteiger partial charge in [0, 0.05) is 6.92 Å². The summed E-state index contributed by atoms with van der Waals surface area (Å²) in [7, 11) is 0. The maximum absolute atomic E-state index is 10.3. The Balaban J connectivity index is 3.79. The number of carbonyl (C=O) groups excluding carboxylic acids is 2. The van der Waals surface area contributed by atoms with E-state index in [0.29, 0.717) is 0 Å². The van der Waals surface area contributed by atoms with Gasteiger partial charge in [-0.3, -0.25) is 10.2 Å². The average molecular weight is 129 g/mol. The fourth-order valence-electron chi connectivity index (χ4n) is 0.207. The number of hydrogen-bond donors (Lipinski definition) is 1. The van der Waals surface area contributed by atoms with Crippen molar-refractivity contribution in [3.63, 3.8) is 0 Å². The molecule has 0 aromatic heterocycles. The van der Waals surface area contributed by atoms with E-state index in [9.17, 15) is 9.59 Å². The summed E-state index contributed by atoms with van der Waals surface area (Å²) in [6, 6.07) is 0. The first kappa shape index (κ1) is 7.81. The Hall–Kier alpha value is -1.19. The van der Waals surface area contributed by atoms with Crippen molar-refractivity contribution in [3.8, 4) is 0 Å². The molecule has 9 heavy (non-hydrogen) atoms. The van der Waals surface area contributed by atoms with Crippen molar-refractivity contribution >= 4 is 17.7 Å². The van der Waals surface area contributed by atoms with Gasteiger partial charge in [-0.05, 0) is 6.92 Å². The Morgan fingerprint density at radius 3 is 1.89 bits per heavy atom. The highest BCUT2D eigenvalue weighted by atomic mass is 16.6. The van der Waals surface area contributed by atoms with Crippen molar-refractivity contribution in [2.24, 2.45) is 0 Å². The van der Waals surface area contributed by atoms with Crippen LogP contribution in [0.3, 0.4) is 0 Å². The molecule has 0 unspecified atom stereocenters. The van der Waals surface area contributed by atoms with Crippen LogP contribution in [-0.4, -0.2) is 17.7 Å². The van der Waals surface area contributed by atoms with E-state index in [1.54, 1.807) is 0 Å². The monoisotopic (exact) mass is 129 g/mol. The highest BCUT2D eigenvalue weighted by Crippen LogP contribution is 1.80. The topological polar surface area (TPSA) is 67.2 Å². The Kier molecular flexibility index (Phi) is 2.57. The standard InChI is InChI=1S/C5H7NO3/c1-3(6)5(8)9-4(2)7/h6H,1-2H3. The molecule has 0 aromatic rings. The molecule has 0 bridgehead atoms. The number of nitrogens with one attached hydrogen (secondary N) is 1. The predicted molar refractivity (Wildman–Crippen MR) is 30.2 cm³/mol. The van der Waals surface area contributed by atoms with Gasteiger partial charge in [0.1, 0.15) is 5.71 Å². The average Bonchev–Trinajstić information content (AvgIpc) is 1.63. The fraction of sp³-hybridized carbons (Fsp3) is 0.400. The van der Waals surface area contributed by atoms with Gasteiger partial charge in [-0.1, -0.05) is 0 Å². The molecule has 0 fully saturated rings. The lowest BCUT2D eigenvalue weighted by Crippen LogP contribution is -2.15. The minimum Gasteiger partial charge on any atom is -0.389 e. The highest BCUT2D eigenvalue weighted by molar-refractivity contribution is 6.35. The third kappa shape index (κ3) is 3.40. The molecule has 0 spiro atoms. The number of rotatable bonds is 1. The maximum atomic E-state index is 10.3. The summed E-state index contributed by atoms with van der Waals surface area (Å²) in [6.07, 6.45) is 0. The Bertz CT molecular complexity index is 162. The van der Waals surface area contributed by atoms with Crippen molar-refractivity contribution in [2.75, 3.05) is 0 Å². The first-order chi connectivity index (χ1) is 4.04. The summed E-state index contributed by atoms with van der Waals surface area (Å²) in [4.78, 5) is 20.3. The quantitative estimate of drug-likeness (QED) is 0.310. The molecule has 50 valence electrons. The van der Waals surface area contributed by atoms with Gasteiger partial charge in [0.05, 0.1) is 0 Å². The van der Waals surface area contributed by atoms with Crippen LogP contribution < -0.4 is 0 Å². The van der Waals surface area contributed by atoms with E-state index in [1.807, 2.05) is 0 Å². The van der Waals surface area contributed by atoms with E-state index >= 15 is 0 Å². The molecule has 0 aliphatic heterocycles. The molecular weight excluding hydrogens is 122 g/mol. The molecule has 0 saturated heterocycles. The van der Waals surface area contributed by atoms with Crippen molar-refractivity contribution in [1.82, 2.24) is 0 Å². The zero-order valence-electron chi connectivity index (χ0n) is 5.22. The van der Waals surface area contributed by atoms with Gasteiger partial charge in [-0.15, -0.1) is 0 Å². The number of carbonyl (C=O) groups is 2. The van der Waals surface area contributed by atoms with Gasteiger partial charge in [0.2, 0.25) is 0 Å². The van der Waals surface area contributed by atoms with Crippen molar-refractivity contribution < 1.29 is 14.3 Å². The van der Waals surface area contributed by atoms with Crippen molar-refractivity contribution in [3.05, 3.63) is 0 Å². The first-order valence-corrected chi connectivity index (χ1v) is 2.32. The molecule has 0 heterocycles. The second-order valence-electron chi connectivity index (χ2n) is 1.51. The zero-order valence-corrected chi connectivity index (χ0v) is 5.22. The lowest BCUT2D eigenvalue weighted by Gasteiger charge is -1.93. The van der Waals surface area contributed by atoms with Gasteiger partial charge < -0.3 is 4.74 Å². The summed E-state index contributed by atoms with van der Waals surface area (Å²) in [6.45, 7) is 2.37. The largest absolute Gasteiger partial charge is 0.389 e. The third-order valence-corrected chi connectivity index (χ3v) is 0.543. The van der Waals surface area contributed by atoms with Crippen LogP contribution in [0.5, 0.6) is 0 Å². The molecule has 0 aromatic carbocycles. The SMILES string of the molecule is CC(=N)C(=O)OC(C)=O. The van der Waals surface area contributed by atoms with Gasteiger partial charge in [-0.2, -0.15) is 0 Å². The fourth-order valence-corrected chi connectivity index (χ4v) is 0.207. The summed E-state index contributed by atoms with van der Waals surface area (Å²) in [5.74, 6) is -1.57. The third-order valence-electron chi connectivity index (χ3n) is 0.543. The van der Waals surface area contributed by atoms with E-state index in [0.717, 1.165) is 6.92 Å². The van der Waals surface area contributed by atoms with Gasteiger partial charge in [0.15, 0.2) is 0 Å². The van der Waals surface area contributed by atoms with Crippen molar-refractivity contribution in [2.45, 2.75) is 13.8 Å². The van der Waals surface area contributed by atoms with Crippen LogP contribution in [0.15, 0.2) is 0 Å². The molecular formula is C5H7NO3. The second-order valence-corrected chi connectivity index (χ2v) is 1.51. The minimum atomic E-state index is -0.887. The van der Waals surface area contributed by atoms with Crippen LogP contribution in [0.25, 0.3) is 0 Å². The second kappa shape index (κ2) is 2.96. The number of esters is 2. The van der Waals surface area contributed by atoms with Crippen LogP contribution >= 0.6 is 0 Å². The smallest absolute Gasteiger partial charge is 0.359 e. The highest BCUT2D eigenvalue weighted by Gasteiger charge is 2.06. The molecule has 0 amide bonds. The maximum Gasteiger partial charge on any atom is 0.359 e. The van der Waals surface area contributed by atoms with Crippen LogP contribution in [0, 0.1) is 5.41 Å². The zero-order chi connectivity index (χ0) is 7.44. The van der Waals surface area contributed by atoms with Crippen molar-refractivity contribution in [1.29, 1.82) is 5.41 Å². The Labute approximate surface area is 52.3 Å².